The summed E-state index contributed by atoms with van der Waals surface area (Å²) in [5, 5.41) is 7.47. The van der Waals surface area contributed by atoms with Crippen molar-refractivity contribution in [2.45, 2.75) is 0 Å². The number of rotatable bonds is 5. The second-order valence-corrected chi connectivity index (χ2v) is 11.2. The number of aryl methyl sites for hydroxylation is 1. The van der Waals surface area contributed by atoms with Gasteiger partial charge in [-0.15, -0.1) is 0 Å². The summed E-state index contributed by atoms with van der Waals surface area (Å²) in [6.07, 6.45) is 0. The van der Waals surface area contributed by atoms with Crippen LogP contribution in [0.2, 0.25) is 0 Å². The van der Waals surface area contributed by atoms with Crippen molar-refractivity contribution in [1.82, 2.24) is 4.57 Å². The summed E-state index contributed by atoms with van der Waals surface area (Å²) in [5.74, 6) is 0. The second kappa shape index (κ2) is 10.1. The molecular formula is C40H31N3. The van der Waals surface area contributed by atoms with Crippen LogP contribution in [0.5, 0.6) is 0 Å². The summed E-state index contributed by atoms with van der Waals surface area (Å²) in [4.78, 5) is 4.67. The zero-order valence-corrected chi connectivity index (χ0v) is 24.3. The van der Waals surface area contributed by atoms with Crippen molar-refractivity contribution in [3.63, 3.8) is 0 Å². The quantitative estimate of drug-likeness (QED) is 0.210. The molecule has 0 saturated carbocycles. The average Bonchev–Trinajstić information content (AvgIpc) is 3.36. The monoisotopic (exact) mass is 553 g/mol. The van der Waals surface area contributed by atoms with E-state index in [4.69, 9.17) is 0 Å². The second-order valence-electron chi connectivity index (χ2n) is 11.2. The molecule has 0 atom stereocenters. The van der Waals surface area contributed by atoms with Crippen LogP contribution < -0.4 is 9.80 Å². The molecule has 43 heavy (non-hydrogen) atoms. The lowest BCUT2D eigenvalue weighted by atomic mass is 10.1. The molecule has 0 saturated heterocycles. The first kappa shape index (κ1) is 25.2. The Hall–Kier alpha value is -5.54. The minimum Gasteiger partial charge on any atom is -0.344 e. The van der Waals surface area contributed by atoms with Gasteiger partial charge in [-0.05, 0) is 71.4 Å². The molecule has 1 heterocycles. The normalized spacial score (nSPS) is 11.5. The average molecular weight is 554 g/mol. The lowest BCUT2D eigenvalue weighted by Gasteiger charge is -2.28. The topological polar surface area (TPSA) is 11.4 Å². The van der Waals surface area contributed by atoms with Crippen LogP contribution >= 0.6 is 0 Å². The first-order valence-corrected chi connectivity index (χ1v) is 14.7. The maximum atomic E-state index is 2.39. The van der Waals surface area contributed by atoms with Crippen molar-refractivity contribution in [3.8, 4) is 0 Å². The van der Waals surface area contributed by atoms with Gasteiger partial charge in [-0.1, -0.05) is 91.0 Å². The molecule has 8 aromatic rings. The molecule has 1 aromatic heterocycles. The summed E-state index contributed by atoms with van der Waals surface area (Å²) < 4.78 is 2.29. The molecule has 206 valence electrons. The Kier molecular flexibility index (Phi) is 5.90. The van der Waals surface area contributed by atoms with Crippen LogP contribution in [-0.2, 0) is 7.05 Å². The first-order valence-electron chi connectivity index (χ1n) is 14.7. The zero-order chi connectivity index (χ0) is 28.9. The van der Waals surface area contributed by atoms with Gasteiger partial charge in [-0.2, -0.15) is 0 Å². The van der Waals surface area contributed by atoms with E-state index in [2.05, 4.69) is 180 Å². The lowest BCUT2D eigenvalue weighted by Crippen LogP contribution is -2.12. The van der Waals surface area contributed by atoms with Gasteiger partial charge in [0.2, 0.25) is 0 Å². The van der Waals surface area contributed by atoms with Gasteiger partial charge in [0.25, 0.3) is 0 Å². The predicted molar refractivity (Wildman–Crippen MR) is 185 cm³/mol. The fourth-order valence-electron chi connectivity index (χ4n) is 6.59. The Balaban J connectivity index is 1.28. The Morgan fingerprint density at radius 2 is 0.930 bits per heavy atom. The molecule has 0 aliphatic carbocycles. The third kappa shape index (κ3) is 4.12. The van der Waals surface area contributed by atoms with E-state index in [0.717, 1.165) is 22.7 Å². The van der Waals surface area contributed by atoms with Gasteiger partial charge in [-0.3, -0.25) is 0 Å². The molecule has 0 radical (unpaired) electrons. The smallest absolute Gasteiger partial charge is 0.0540 e. The maximum Gasteiger partial charge on any atom is 0.0540 e. The van der Waals surface area contributed by atoms with Gasteiger partial charge in [0.1, 0.15) is 0 Å². The van der Waals surface area contributed by atoms with Crippen LogP contribution in [-0.4, -0.2) is 11.6 Å². The number of fused-ring (bicyclic) bond motifs is 5. The minimum atomic E-state index is 1.12. The fourth-order valence-corrected chi connectivity index (χ4v) is 6.59. The molecule has 0 amide bonds. The maximum absolute atomic E-state index is 2.39. The molecule has 0 N–H and O–H groups in total. The van der Waals surface area contributed by atoms with Crippen LogP contribution in [0.15, 0.2) is 152 Å². The highest BCUT2D eigenvalue weighted by atomic mass is 15.1. The number of anilines is 5. The minimum absolute atomic E-state index is 1.12. The number of para-hydroxylation sites is 1. The van der Waals surface area contributed by atoms with Crippen molar-refractivity contribution < 1.29 is 0 Å². The highest BCUT2D eigenvalue weighted by Crippen LogP contribution is 2.42. The Labute approximate surface area is 251 Å². The lowest BCUT2D eigenvalue weighted by molar-refractivity contribution is 1.01. The number of aromatic nitrogens is 1. The fraction of sp³-hybridized carbons (Fsp3) is 0.0500. The third-order valence-electron chi connectivity index (χ3n) is 8.79. The van der Waals surface area contributed by atoms with Crippen molar-refractivity contribution in [2.75, 3.05) is 16.8 Å². The van der Waals surface area contributed by atoms with Crippen LogP contribution in [0.3, 0.4) is 0 Å². The molecule has 7 aromatic carbocycles. The Morgan fingerprint density at radius 3 is 1.65 bits per heavy atom. The van der Waals surface area contributed by atoms with Gasteiger partial charge < -0.3 is 14.4 Å². The number of nitrogens with zero attached hydrogens (tertiary/aromatic N) is 3. The van der Waals surface area contributed by atoms with Crippen molar-refractivity contribution in [1.29, 1.82) is 0 Å². The molecule has 0 unspecified atom stereocenters. The van der Waals surface area contributed by atoms with Crippen molar-refractivity contribution in [2.24, 2.45) is 7.05 Å². The molecule has 0 fully saturated rings. The molecule has 0 aliphatic heterocycles. The van der Waals surface area contributed by atoms with E-state index in [1.807, 2.05) is 0 Å². The van der Waals surface area contributed by atoms with Crippen LogP contribution in [0, 0.1) is 0 Å². The first-order chi connectivity index (χ1) is 21.2. The summed E-state index contributed by atoms with van der Waals surface area (Å²) in [6.45, 7) is 0. The van der Waals surface area contributed by atoms with Crippen molar-refractivity contribution in [3.05, 3.63) is 152 Å². The molecule has 3 nitrogen and oxygen atoms in total. The van der Waals surface area contributed by atoms with Crippen LogP contribution in [0.4, 0.5) is 28.4 Å². The van der Waals surface area contributed by atoms with E-state index in [1.54, 1.807) is 0 Å². The molecule has 0 spiro atoms. The van der Waals surface area contributed by atoms with Gasteiger partial charge in [0.15, 0.2) is 0 Å². The van der Waals surface area contributed by atoms with E-state index in [9.17, 15) is 0 Å². The zero-order valence-electron chi connectivity index (χ0n) is 24.3. The van der Waals surface area contributed by atoms with E-state index < -0.39 is 0 Å². The molecule has 0 bridgehead atoms. The van der Waals surface area contributed by atoms with Crippen LogP contribution in [0.25, 0.3) is 43.4 Å². The third-order valence-corrected chi connectivity index (χ3v) is 8.79. The summed E-state index contributed by atoms with van der Waals surface area (Å²) in [5.41, 5.74) is 8.22. The largest absolute Gasteiger partial charge is 0.344 e. The number of hydrogen-bond acceptors (Lipinski definition) is 2. The van der Waals surface area contributed by atoms with Gasteiger partial charge >= 0.3 is 0 Å². The molecule has 0 aliphatic rings. The highest BCUT2D eigenvalue weighted by molar-refractivity contribution is 6.10. The molecule has 8 rings (SSSR count). The number of benzene rings is 7. The van der Waals surface area contributed by atoms with Gasteiger partial charge in [0.05, 0.1) is 5.69 Å². The molecule has 3 heteroatoms. The predicted octanol–water partition coefficient (Wildman–Crippen LogP) is 10.9. The van der Waals surface area contributed by atoms with E-state index in [-0.39, 0.29) is 0 Å². The van der Waals surface area contributed by atoms with E-state index in [0.29, 0.717) is 0 Å². The Bertz CT molecular complexity index is 2270. The summed E-state index contributed by atoms with van der Waals surface area (Å²) in [6, 6.07) is 54.7. The van der Waals surface area contributed by atoms with Crippen molar-refractivity contribution >= 4 is 71.8 Å². The standard InChI is InChI=1S/C40H31N3/c1-41(37-19-9-13-28-11-3-5-15-33(28)37)30-21-23-31(24-22-30)43(40-20-10-14-29-12-4-6-16-34(29)40)32-25-26-39-36(27-32)35-17-7-8-18-38(35)42(39)2/h3-27H,1-2H3. The van der Waals surface area contributed by atoms with Gasteiger partial charge in [0, 0.05) is 69.4 Å². The summed E-state index contributed by atoms with van der Waals surface area (Å²) in [7, 11) is 4.30. The summed E-state index contributed by atoms with van der Waals surface area (Å²) >= 11 is 0. The highest BCUT2D eigenvalue weighted by Gasteiger charge is 2.18. The molecular weight excluding hydrogens is 522 g/mol. The van der Waals surface area contributed by atoms with E-state index >= 15 is 0 Å². The van der Waals surface area contributed by atoms with Gasteiger partial charge in [-0.25, -0.2) is 0 Å². The van der Waals surface area contributed by atoms with Crippen LogP contribution in [0.1, 0.15) is 0 Å². The Morgan fingerprint density at radius 1 is 0.419 bits per heavy atom. The van der Waals surface area contributed by atoms with E-state index in [1.165, 1.54) is 49.0 Å². The SMILES string of the molecule is CN(c1ccc(N(c2ccc3c(c2)c2ccccc2n3C)c2cccc3ccccc23)cc1)c1cccc2ccccc12. The number of hydrogen-bond donors (Lipinski definition) is 0.